The van der Waals surface area contributed by atoms with Crippen molar-refractivity contribution in [2.75, 3.05) is 12.4 Å². The van der Waals surface area contributed by atoms with Crippen LogP contribution in [-0.2, 0) is 0 Å². The van der Waals surface area contributed by atoms with Crippen molar-refractivity contribution in [1.29, 1.82) is 0 Å². The molecule has 0 bridgehead atoms. The van der Waals surface area contributed by atoms with Crippen LogP contribution < -0.4 is 10.6 Å². The summed E-state index contributed by atoms with van der Waals surface area (Å²) in [6, 6.07) is 8.27. The van der Waals surface area contributed by atoms with Crippen molar-refractivity contribution >= 4 is 28.6 Å². The summed E-state index contributed by atoms with van der Waals surface area (Å²) in [4.78, 5) is 0. The zero-order valence-electron chi connectivity index (χ0n) is 10.3. The lowest BCUT2D eigenvalue weighted by Crippen LogP contribution is -2.23. The van der Waals surface area contributed by atoms with Crippen molar-refractivity contribution in [3.63, 3.8) is 0 Å². The van der Waals surface area contributed by atoms with Gasteiger partial charge in [0.1, 0.15) is 0 Å². The quantitative estimate of drug-likeness (QED) is 0.792. The van der Waals surface area contributed by atoms with Crippen LogP contribution >= 0.6 is 12.2 Å². The molecule has 0 aromatic heterocycles. The SMILES string of the molecule is CNC(=S)Nc1ccc(C2=CCC=CC=C2)cc1. The molecule has 0 saturated carbocycles. The van der Waals surface area contributed by atoms with E-state index >= 15 is 0 Å². The fraction of sp³-hybridized carbons (Fsp3) is 0.133. The van der Waals surface area contributed by atoms with Gasteiger partial charge >= 0.3 is 0 Å². The van der Waals surface area contributed by atoms with Crippen LogP contribution in [0.15, 0.2) is 54.6 Å². The van der Waals surface area contributed by atoms with E-state index < -0.39 is 0 Å². The fourth-order valence-electron chi connectivity index (χ4n) is 1.73. The van der Waals surface area contributed by atoms with Crippen LogP contribution in [0.2, 0.25) is 0 Å². The first kappa shape index (κ1) is 12.6. The normalized spacial score (nSPS) is 13.7. The number of benzene rings is 1. The number of hydrogen-bond donors (Lipinski definition) is 2. The number of nitrogens with one attached hydrogen (secondary N) is 2. The van der Waals surface area contributed by atoms with E-state index in [2.05, 4.69) is 53.1 Å². The first-order valence-electron chi connectivity index (χ1n) is 5.92. The Morgan fingerprint density at radius 3 is 2.67 bits per heavy atom. The highest BCUT2D eigenvalue weighted by atomic mass is 32.1. The molecule has 2 N–H and O–H groups in total. The van der Waals surface area contributed by atoms with E-state index in [1.807, 2.05) is 12.1 Å². The maximum absolute atomic E-state index is 5.06. The Morgan fingerprint density at radius 1 is 1.17 bits per heavy atom. The van der Waals surface area contributed by atoms with Crippen LogP contribution in [0.4, 0.5) is 5.69 Å². The zero-order chi connectivity index (χ0) is 12.8. The van der Waals surface area contributed by atoms with E-state index in [1.54, 1.807) is 7.05 Å². The molecule has 0 aliphatic heterocycles. The molecular weight excluding hydrogens is 240 g/mol. The van der Waals surface area contributed by atoms with Gasteiger partial charge in [0, 0.05) is 12.7 Å². The van der Waals surface area contributed by atoms with Crippen LogP contribution in [0.5, 0.6) is 0 Å². The van der Waals surface area contributed by atoms with Crippen LogP contribution in [0.25, 0.3) is 5.57 Å². The monoisotopic (exact) mass is 256 g/mol. The Labute approximate surface area is 113 Å². The second-order valence-electron chi connectivity index (χ2n) is 3.96. The number of allylic oxidation sites excluding steroid dienone is 6. The molecule has 2 nitrogen and oxygen atoms in total. The van der Waals surface area contributed by atoms with Gasteiger partial charge in [0.2, 0.25) is 0 Å². The highest BCUT2D eigenvalue weighted by Crippen LogP contribution is 2.20. The topological polar surface area (TPSA) is 24.1 Å². The predicted molar refractivity (Wildman–Crippen MR) is 82.6 cm³/mol. The van der Waals surface area contributed by atoms with Crippen molar-refractivity contribution in [1.82, 2.24) is 5.32 Å². The first-order chi connectivity index (χ1) is 8.79. The van der Waals surface area contributed by atoms with Gasteiger partial charge in [-0.3, -0.25) is 0 Å². The Hall–Kier alpha value is -1.87. The number of hydrogen-bond acceptors (Lipinski definition) is 1. The average Bonchev–Trinajstić information content (AvgIpc) is 2.68. The largest absolute Gasteiger partial charge is 0.366 e. The van der Waals surface area contributed by atoms with E-state index in [1.165, 1.54) is 11.1 Å². The molecule has 0 radical (unpaired) electrons. The maximum atomic E-state index is 5.06. The second-order valence-corrected chi connectivity index (χ2v) is 4.37. The van der Waals surface area contributed by atoms with Crippen LogP contribution in [0, 0.1) is 0 Å². The third-order valence-corrected chi connectivity index (χ3v) is 3.01. The van der Waals surface area contributed by atoms with E-state index in [0.717, 1.165) is 12.1 Å². The van der Waals surface area contributed by atoms with Gasteiger partial charge in [-0.15, -0.1) is 0 Å². The van der Waals surface area contributed by atoms with Crippen molar-refractivity contribution in [3.8, 4) is 0 Å². The van der Waals surface area contributed by atoms with Crippen LogP contribution in [-0.4, -0.2) is 12.2 Å². The molecule has 0 unspecified atom stereocenters. The van der Waals surface area contributed by atoms with Crippen molar-refractivity contribution in [2.45, 2.75) is 6.42 Å². The molecule has 1 aliphatic carbocycles. The smallest absolute Gasteiger partial charge is 0.170 e. The van der Waals surface area contributed by atoms with Crippen LogP contribution in [0.3, 0.4) is 0 Å². The Bertz CT molecular complexity index is 510. The molecule has 3 heteroatoms. The molecule has 1 aromatic rings. The molecule has 0 heterocycles. The van der Waals surface area contributed by atoms with Crippen molar-refractivity contribution in [3.05, 3.63) is 60.2 Å². The summed E-state index contributed by atoms with van der Waals surface area (Å²) >= 11 is 5.06. The van der Waals surface area contributed by atoms with Gasteiger partial charge in [0.15, 0.2) is 5.11 Å². The molecule has 18 heavy (non-hydrogen) atoms. The van der Waals surface area contributed by atoms with Gasteiger partial charge in [0.05, 0.1) is 0 Å². The molecule has 0 fully saturated rings. The standard InChI is InChI=1S/C15H16N2S/c1-16-15(18)17-14-10-8-13(9-11-14)12-6-4-2-3-5-7-12/h2-4,6-11H,5H2,1H3,(H2,16,17,18). The van der Waals surface area contributed by atoms with E-state index in [9.17, 15) is 0 Å². The molecule has 0 atom stereocenters. The number of anilines is 1. The lowest BCUT2D eigenvalue weighted by molar-refractivity contribution is 1.20. The molecule has 0 saturated heterocycles. The minimum Gasteiger partial charge on any atom is -0.366 e. The summed E-state index contributed by atoms with van der Waals surface area (Å²) in [5, 5.41) is 6.62. The zero-order valence-corrected chi connectivity index (χ0v) is 11.1. The summed E-state index contributed by atoms with van der Waals surface area (Å²) in [5.41, 5.74) is 3.47. The Balaban J connectivity index is 2.12. The van der Waals surface area contributed by atoms with Gasteiger partial charge in [-0.05, 0) is 41.9 Å². The first-order valence-corrected chi connectivity index (χ1v) is 6.33. The van der Waals surface area contributed by atoms with Crippen molar-refractivity contribution < 1.29 is 0 Å². The van der Waals surface area contributed by atoms with Crippen molar-refractivity contribution in [2.24, 2.45) is 0 Å². The summed E-state index contributed by atoms with van der Waals surface area (Å²) in [7, 11) is 1.80. The van der Waals surface area contributed by atoms with Gasteiger partial charge in [-0.1, -0.05) is 42.5 Å². The third kappa shape index (κ3) is 3.31. The third-order valence-electron chi connectivity index (χ3n) is 2.70. The summed E-state index contributed by atoms with van der Waals surface area (Å²) in [6.07, 6.45) is 11.6. The molecule has 1 aromatic carbocycles. The summed E-state index contributed by atoms with van der Waals surface area (Å²) in [5.74, 6) is 0. The number of rotatable bonds is 2. The van der Waals surface area contributed by atoms with Gasteiger partial charge in [-0.2, -0.15) is 0 Å². The minimum atomic E-state index is 0.625. The van der Waals surface area contributed by atoms with E-state index in [4.69, 9.17) is 12.2 Å². The van der Waals surface area contributed by atoms with Gasteiger partial charge in [-0.25, -0.2) is 0 Å². The Morgan fingerprint density at radius 2 is 1.94 bits per heavy atom. The predicted octanol–water partition coefficient (Wildman–Crippen LogP) is 3.50. The fourth-order valence-corrected chi connectivity index (χ4v) is 1.85. The van der Waals surface area contributed by atoms with Gasteiger partial charge in [0.25, 0.3) is 0 Å². The second kappa shape index (κ2) is 6.17. The summed E-state index contributed by atoms with van der Waals surface area (Å²) in [6.45, 7) is 0. The molecular formula is C15H16N2S. The average molecular weight is 256 g/mol. The van der Waals surface area contributed by atoms with E-state index in [0.29, 0.717) is 5.11 Å². The Kier molecular flexibility index (Phi) is 4.31. The minimum absolute atomic E-state index is 0.625. The highest BCUT2D eigenvalue weighted by Gasteiger charge is 2.00. The molecule has 0 amide bonds. The lowest BCUT2D eigenvalue weighted by atomic mass is 10.0. The molecule has 0 spiro atoms. The highest BCUT2D eigenvalue weighted by molar-refractivity contribution is 7.80. The van der Waals surface area contributed by atoms with Gasteiger partial charge < -0.3 is 10.6 Å². The summed E-state index contributed by atoms with van der Waals surface area (Å²) < 4.78 is 0. The molecule has 1 aliphatic rings. The molecule has 2 rings (SSSR count). The molecule has 92 valence electrons. The lowest BCUT2D eigenvalue weighted by Gasteiger charge is -2.08. The van der Waals surface area contributed by atoms with Crippen LogP contribution in [0.1, 0.15) is 12.0 Å². The maximum Gasteiger partial charge on any atom is 0.170 e. The number of thiocarbonyl (C=S) groups is 1. The van der Waals surface area contributed by atoms with E-state index in [-0.39, 0.29) is 0 Å².